The van der Waals surface area contributed by atoms with Crippen molar-refractivity contribution in [2.45, 2.75) is 26.3 Å². The topological polar surface area (TPSA) is 59.0 Å². The van der Waals surface area contributed by atoms with Crippen LogP contribution in [0.4, 0.5) is 4.39 Å². The fourth-order valence-electron chi connectivity index (χ4n) is 3.63. The molecule has 3 aromatic rings. The molecule has 0 aromatic heterocycles. The number of hydrogen-bond donors (Lipinski definition) is 0. The second-order valence-electron chi connectivity index (χ2n) is 7.78. The molecule has 3 aromatic carbocycles. The average molecular weight is 430 g/mol. The lowest BCUT2D eigenvalue weighted by Gasteiger charge is -2.20. The number of amides is 1. The van der Waals surface area contributed by atoms with Crippen molar-refractivity contribution >= 4 is 17.4 Å². The molecular formula is C26H23FN2O3. The number of aryl methyl sites for hydroxylation is 1. The molecule has 32 heavy (non-hydrogen) atoms. The van der Waals surface area contributed by atoms with Crippen molar-refractivity contribution in [1.82, 2.24) is 5.01 Å². The van der Waals surface area contributed by atoms with Crippen molar-refractivity contribution in [1.29, 1.82) is 0 Å². The Labute approximate surface area is 186 Å². The maximum absolute atomic E-state index is 13.3. The summed E-state index contributed by atoms with van der Waals surface area (Å²) in [5, 5.41) is 5.94. The van der Waals surface area contributed by atoms with Gasteiger partial charge in [0.15, 0.2) is 12.4 Å². The number of carbonyl (C=O) groups is 2. The summed E-state index contributed by atoms with van der Waals surface area (Å²) in [5.41, 5.74) is 4.16. The summed E-state index contributed by atoms with van der Waals surface area (Å²) < 4.78 is 18.9. The number of carbonyl (C=O) groups excluding carboxylic acids is 2. The van der Waals surface area contributed by atoms with Gasteiger partial charge in [0.25, 0.3) is 0 Å². The van der Waals surface area contributed by atoms with Gasteiger partial charge in [-0.2, -0.15) is 5.10 Å². The summed E-state index contributed by atoms with van der Waals surface area (Å²) in [6.45, 7) is 3.39. The van der Waals surface area contributed by atoms with Crippen molar-refractivity contribution in [2.24, 2.45) is 5.10 Å². The van der Waals surface area contributed by atoms with E-state index in [1.807, 2.05) is 31.2 Å². The molecular weight excluding hydrogens is 407 g/mol. The van der Waals surface area contributed by atoms with Crippen LogP contribution < -0.4 is 4.74 Å². The Bertz CT molecular complexity index is 1150. The minimum Gasteiger partial charge on any atom is -0.485 e. The summed E-state index contributed by atoms with van der Waals surface area (Å²) in [5.74, 6) is -0.0117. The average Bonchev–Trinajstić information content (AvgIpc) is 3.25. The van der Waals surface area contributed by atoms with E-state index in [4.69, 9.17) is 4.74 Å². The van der Waals surface area contributed by atoms with Gasteiger partial charge in [-0.05, 0) is 54.4 Å². The van der Waals surface area contributed by atoms with Gasteiger partial charge in [0.05, 0.1) is 11.8 Å². The van der Waals surface area contributed by atoms with Crippen molar-refractivity contribution < 1.29 is 18.7 Å². The van der Waals surface area contributed by atoms with Crippen LogP contribution in [-0.4, -0.2) is 29.0 Å². The number of hydrazone groups is 1. The van der Waals surface area contributed by atoms with Gasteiger partial charge in [0.2, 0.25) is 5.91 Å². The lowest BCUT2D eigenvalue weighted by atomic mass is 9.98. The molecule has 0 N–H and O–H groups in total. The number of hydrogen-bond acceptors (Lipinski definition) is 4. The SMILES string of the molecule is CC(=O)N1N=C(c2ccc(OCC(=O)c3ccc(C)cc3)cc2)CC1c1ccc(F)cc1. The van der Waals surface area contributed by atoms with Crippen LogP contribution in [0.25, 0.3) is 0 Å². The maximum Gasteiger partial charge on any atom is 0.240 e. The Morgan fingerprint density at radius 3 is 2.28 bits per heavy atom. The summed E-state index contributed by atoms with van der Waals surface area (Å²) >= 11 is 0. The van der Waals surface area contributed by atoms with Gasteiger partial charge in [0, 0.05) is 18.9 Å². The summed E-state index contributed by atoms with van der Waals surface area (Å²) in [7, 11) is 0. The highest BCUT2D eigenvalue weighted by Crippen LogP contribution is 2.33. The van der Waals surface area contributed by atoms with Crippen LogP contribution in [0.5, 0.6) is 5.75 Å². The van der Waals surface area contributed by atoms with Gasteiger partial charge in [0.1, 0.15) is 11.6 Å². The van der Waals surface area contributed by atoms with Gasteiger partial charge in [-0.25, -0.2) is 9.40 Å². The number of benzene rings is 3. The third-order valence-corrected chi connectivity index (χ3v) is 5.42. The first-order valence-electron chi connectivity index (χ1n) is 10.4. The van der Waals surface area contributed by atoms with Gasteiger partial charge < -0.3 is 4.74 Å². The fraction of sp³-hybridized carbons (Fsp3) is 0.192. The third-order valence-electron chi connectivity index (χ3n) is 5.42. The number of Topliss-reactive ketones (excluding diaryl/α,β-unsaturated/α-hetero) is 1. The van der Waals surface area contributed by atoms with Crippen LogP contribution in [0, 0.1) is 12.7 Å². The van der Waals surface area contributed by atoms with E-state index < -0.39 is 0 Å². The number of halogens is 1. The number of ketones is 1. The van der Waals surface area contributed by atoms with E-state index in [1.54, 1.807) is 36.4 Å². The second-order valence-corrected chi connectivity index (χ2v) is 7.78. The van der Waals surface area contributed by atoms with Crippen molar-refractivity contribution in [2.75, 3.05) is 6.61 Å². The molecule has 162 valence electrons. The van der Waals surface area contributed by atoms with Crippen LogP contribution in [0.3, 0.4) is 0 Å². The summed E-state index contributed by atoms with van der Waals surface area (Å²) in [6, 6.07) is 20.5. The highest BCUT2D eigenvalue weighted by atomic mass is 19.1. The standard InChI is InChI=1S/C26H23FN2O3/c1-17-3-5-21(6-4-17)26(31)16-32-23-13-9-19(10-14-23)24-15-25(29(28-24)18(2)30)20-7-11-22(27)12-8-20/h3-14,25H,15-16H2,1-2H3. The largest absolute Gasteiger partial charge is 0.485 e. The first-order valence-corrected chi connectivity index (χ1v) is 10.4. The summed E-state index contributed by atoms with van der Waals surface area (Å²) in [6.07, 6.45) is 0.525. The molecule has 5 nitrogen and oxygen atoms in total. The van der Waals surface area contributed by atoms with E-state index in [2.05, 4.69) is 5.10 Å². The second kappa shape index (κ2) is 9.14. The van der Waals surface area contributed by atoms with Crippen LogP contribution >= 0.6 is 0 Å². The molecule has 0 fully saturated rings. The molecule has 0 saturated heterocycles. The first kappa shape index (κ1) is 21.4. The minimum atomic E-state index is -0.321. The lowest BCUT2D eigenvalue weighted by molar-refractivity contribution is -0.130. The monoisotopic (exact) mass is 430 g/mol. The van der Waals surface area contributed by atoms with Gasteiger partial charge >= 0.3 is 0 Å². The summed E-state index contributed by atoms with van der Waals surface area (Å²) in [4.78, 5) is 24.4. The van der Waals surface area contributed by atoms with Crippen LogP contribution in [0.15, 0.2) is 77.9 Å². The Hall–Kier alpha value is -3.80. The molecule has 0 spiro atoms. The Morgan fingerprint density at radius 2 is 1.66 bits per heavy atom. The molecule has 0 radical (unpaired) electrons. The molecule has 1 heterocycles. The predicted molar refractivity (Wildman–Crippen MR) is 120 cm³/mol. The molecule has 1 amide bonds. The zero-order valence-corrected chi connectivity index (χ0v) is 17.9. The number of ether oxygens (including phenoxy) is 1. The molecule has 1 aliphatic rings. The molecule has 6 heteroatoms. The smallest absolute Gasteiger partial charge is 0.240 e. The first-order chi connectivity index (χ1) is 15.4. The zero-order valence-electron chi connectivity index (χ0n) is 17.9. The van der Waals surface area contributed by atoms with Gasteiger partial charge in [-0.3, -0.25) is 9.59 Å². The Morgan fingerprint density at radius 1 is 1.00 bits per heavy atom. The normalized spacial score (nSPS) is 15.4. The maximum atomic E-state index is 13.3. The fourth-order valence-corrected chi connectivity index (χ4v) is 3.63. The van der Waals surface area contributed by atoms with E-state index in [1.165, 1.54) is 24.1 Å². The predicted octanol–water partition coefficient (Wildman–Crippen LogP) is 5.09. The molecule has 1 aliphatic heterocycles. The third kappa shape index (κ3) is 4.75. The number of nitrogens with zero attached hydrogens (tertiary/aromatic N) is 2. The van der Waals surface area contributed by atoms with Crippen LogP contribution in [0.1, 0.15) is 46.4 Å². The highest BCUT2D eigenvalue weighted by Gasteiger charge is 2.31. The van der Waals surface area contributed by atoms with Crippen molar-refractivity contribution in [3.8, 4) is 5.75 Å². The molecule has 0 aliphatic carbocycles. The van der Waals surface area contributed by atoms with Crippen LogP contribution in [-0.2, 0) is 4.79 Å². The highest BCUT2D eigenvalue weighted by molar-refractivity contribution is 6.03. The number of rotatable bonds is 6. The van der Waals surface area contributed by atoms with Gasteiger partial charge in [-0.1, -0.05) is 42.0 Å². The van der Waals surface area contributed by atoms with E-state index in [0.29, 0.717) is 17.7 Å². The molecule has 1 atom stereocenters. The van der Waals surface area contributed by atoms with Crippen LogP contribution in [0.2, 0.25) is 0 Å². The van der Waals surface area contributed by atoms with E-state index >= 15 is 0 Å². The van der Waals surface area contributed by atoms with Crippen molar-refractivity contribution in [3.63, 3.8) is 0 Å². The molecule has 4 rings (SSSR count). The molecule has 1 unspecified atom stereocenters. The Kier molecular flexibility index (Phi) is 6.12. The quantitative estimate of drug-likeness (QED) is 0.512. The lowest BCUT2D eigenvalue weighted by Crippen LogP contribution is -2.24. The Balaban J connectivity index is 1.43. The van der Waals surface area contributed by atoms with Crippen molar-refractivity contribution in [3.05, 3.63) is 101 Å². The minimum absolute atomic E-state index is 0.0475. The molecule has 0 bridgehead atoms. The van der Waals surface area contributed by atoms with Gasteiger partial charge in [-0.15, -0.1) is 0 Å². The zero-order chi connectivity index (χ0) is 22.7. The van der Waals surface area contributed by atoms with E-state index in [-0.39, 0.29) is 30.2 Å². The van der Waals surface area contributed by atoms with E-state index in [9.17, 15) is 14.0 Å². The van der Waals surface area contributed by atoms with E-state index in [0.717, 1.165) is 22.4 Å². The molecule has 0 saturated carbocycles.